The summed E-state index contributed by atoms with van der Waals surface area (Å²) in [4.78, 5) is 0. The molecule has 0 saturated carbocycles. The summed E-state index contributed by atoms with van der Waals surface area (Å²) in [5, 5.41) is 3.25. The van der Waals surface area contributed by atoms with Gasteiger partial charge in [0, 0.05) is 16.7 Å². The molecule has 17 heavy (non-hydrogen) atoms. The van der Waals surface area contributed by atoms with Crippen molar-refractivity contribution in [2.45, 2.75) is 13.5 Å². The Bertz CT molecular complexity index is 525. The van der Waals surface area contributed by atoms with Crippen LogP contribution in [0.25, 0.3) is 0 Å². The normalized spacial score (nSPS) is 10.3. The second kappa shape index (κ2) is 5.32. The van der Waals surface area contributed by atoms with Crippen LogP contribution in [0.15, 0.2) is 46.9 Å². The molecule has 0 aromatic heterocycles. The van der Waals surface area contributed by atoms with Gasteiger partial charge in [0.25, 0.3) is 0 Å². The fraction of sp³-hybridized carbons (Fsp3) is 0.143. The summed E-state index contributed by atoms with van der Waals surface area (Å²) in [5.74, 6) is -0.154. The van der Waals surface area contributed by atoms with Crippen LogP contribution in [0.3, 0.4) is 0 Å². The van der Waals surface area contributed by atoms with E-state index in [-0.39, 0.29) is 5.82 Å². The third-order valence-electron chi connectivity index (χ3n) is 2.56. The molecule has 2 rings (SSSR count). The number of anilines is 1. The first-order chi connectivity index (χ1) is 8.15. The average molecular weight is 294 g/mol. The molecule has 0 aliphatic heterocycles. The SMILES string of the molecule is Cc1ccc(CNc2cccc(Br)c2)cc1F. The molecule has 0 amide bonds. The lowest BCUT2D eigenvalue weighted by Gasteiger charge is -2.07. The van der Waals surface area contributed by atoms with Gasteiger partial charge in [0.05, 0.1) is 0 Å². The highest BCUT2D eigenvalue weighted by Gasteiger charge is 1.99. The molecule has 1 nitrogen and oxygen atoms in total. The molecular weight excluding hydrogens is 281 g/mol. The Morgan fingerprint density at radius 1 is 1.18 bits per heavy atom. The molecular formula is C14H13BrFN. The molecule has 88 valence electrons. The van der Waals surface area contributed by atoms with Gasteiger partial charge in [0.2, 0.25) is 0 Å². The summed E-state index contributed by atoms with van der Waals surface area (Å²) in [6, 6.07) is 13.2. The molecule has 3 heteroatoms. The minimum Gasteiger partial charge on any atom is -0.381 e. The molecule has 0 spiro atoms. The van der Waals surface area contributed by atoms with E-state index < -0.39 is 0 Å². The third-order valence-corrected chi connectivity index (χ3v) is 3.05. The highest BCUT2D eigenvalue weighted by atomic mass is 79.9. The monoisotopic (exact) mass is 293 g/mol. The zero-order valence-corrected chi connectivity index (χ0v) is 11.1. The first-order valence-electron chi connectivity index (χ1n) is 5.39. The van der Waals surface area contributed by atoms with E-state index in [9.17, 15) is 4.39 Å². The van der Waals surface area contributed by atoms with Crippen LogP contribution in [-0.4, -0.2) is 0 Å². The molecule has 0 fully saturated rings. The molecule has 0 heterocycles. The summed E-state index contributed by atoms with van der Waals surface area (Å²) in [6.45, 7) is 2.38. The Kier molecular flexibility index (Phi) is 3.79. The number of hydrogen-bond donors (Lipinski definition) is 1. The van der Waals surface area contributed by atoms with Crippen LogP contribution in [0.2, 0.25) is 0 Å². The Morgan fingerprint density at radius 3 is 2.71 bits per heavy atom. The first kappa shape index (κ1) is 12.1. The minimum atomic E-state index is -0.154. The van der Waals surface area contributed by atoms with Crippen LogP contribution < -0.4 is 5.32 Å². The van der Waals surface area contributed by atoms with Crippen LogP contribution in [0.1, 0.15) is 11.1 Å². The van der Waals surface area contributed by atoms with Gasteiger partial charge in [-0.2, -0.15) is 0 Å². The number of halogens is 2. The van der Waals surface area contributed by atoms with Crippen LogP contribution in [0, 0.1) is 12.7 Å². The van der Waals surface area contributed by atoms with Gasteiger partial charge in [0.1, 0.15) is 5.82 Å². The number of nitrogens with one attached hydrogen (secondary N) is 1. The fourth-order valence-electron chi connectivity index (χ4n) is 1.55. The standard InChI is InChI=1S/C14H13BrFN/c1-10-5-6-11(7-14(10)16)9-17-13-4-2-3-12(15)8-13/h2-8,17H,9H2,1H3. The van der Waals surface area contributed by atoms with E-state index in [1.807, 2.05) is 30.3 Å². The van der Waals surface area contributed by atoms with E-state index >= 15 is 0 Å². The molecule has 2 aromatic rings. The van der Waals surface area contributed by atoms with E-state index in [4.69, 9.17) is 0 Å². The van der Waals surface area contributed by atoms with Crippen LogP contribution in [0.4, 0.5) is 10.1 Å². The number of hydrogen-bond acceptors (Lipinski definition) is 1. The quantitative estimate of drug-likeness (QED) is 0.878. The van der Waals surface area contributed by atoms with Crippen molar-refractivity contribution < 1.29 is 4.39 Å². The predicted octanol–water partition coefficient (Wildman–Crippen LogP) is 4.51. The van der Waals surface area contributed by atoms with Crippen LogP contribution in [0.5, 0.6) is 0 Å². The molecule has 0 bridgehead atoms. The van der Waals surface area contributed by atoms with Crippen molar-refractivity contribution in [1.29, 1.82) is 0 Å². The zero-order chi connectivity index (χ0) is 12.3. The van der Waals surface area contributed by atoms with Crippen molar-refractivity contribution in [3.05, 3.63) is 63.9 Å². The van der Waals surface area contributed by atoms with Crippen molar-refractivity contribution in [2.75, 3.05) is 5.32 Å². The number of benzene rings is 2. The lowest BCUT2D eigenvalue weighted by Crippen LogP contribution is -2.00. The van der Waals surface area contributed by atoms with Gasteiger partial charge in [-0.25, -0.2) is 4.39 Å². The van der Waals surface area contributed by atoms with Crippen molar-refractivity contribution in [1.82, 2.24) is 0 Å². The minimum absolute atomic E-state index is 0.154. The summed E-state index contributed by atoms with van der Waals surface area (Å²) in [6.07, 6.45) is 0. The smallest absolute Gasteiger partial charge is 0.126 e. The van der Waals surface area contributed by atoms with Crippen molar-refractivity contribution in [3.8, 4) is 0 Å². The van der Waals surface area contributed by atoms with E-state index in [1.54, 1.807) is 19.1 Å². The van der Waals surface area contributed by atoms with Gasteiger partial charge in [-0.05, 0) is 42.3 Å². The first-order valence-corrected chi connectivity index (χ1v) is 6.19. The summed E-state index contributed by atoms with van der Waals surface area (Å²) in [5.41, 5.74) is 2.63. The maximum atomic E-state index is 13.3. The maximum Gasteiger partial charge on any atom is 0.126 e. The third kappa shape index (κ3) is 3.30. The second-order valence-corrected chi connectivity index (χ2v) is 4.86. The number of rotatable bonds is 3. The zero-order valence-electron chi connectivity index (χ0n) is 9.50. The lowest BCUT2D eigenvalue weighted by molar-refractivity contribution is 0.616. The molecule has 2 aromatic carbocycles. The maximum absolute atomic E-state index is 13.3. The lowest BCUT2D eigenvalue weighted by atomic mass is 10.1. The Morgan fingerprint density at radius 2 is 2.00 bits per heavy atom. The number of aryl methyl sites for hydroxylation is 1. The predicted molar refractivity (Wildman–Crippen MR) is 72.6 cm³/mol. The Hall–Kier alpha value is -1.35. The van der Waals surface area contributed by atoms with Crippen molar-refractivity contribution in [3.63, 3.8) is 0 Å². The summed E-state index contributed by atoms with van der Waals surface area (Å²) >= 11 is 3.41. The molecule has 1 N–H and O–H groups in total. The van der Waals surface area contributed by atoms with Gasteiger partial charge in [0.15, 0.2) is 0 Å². The van der Waals surface area contributed by atoms with Crippen molar-refractivity contribution >= 4 is 21.6 Å². The van der Waals surface area contributed by atoms with Gasteiger partial charge in [-0.3, -0.25) is 0 Å². The van der Waals surface area contributed by atoms with Crippen molar-refractivity contribution in [2.24, 2.45) is 0 Å². The van der Waals surface area contributed by atoms with Crippen LogP contribution >= 0.6 is 15.9 Å². The van der Waals surface area contributed by atoms with E-state index in [2.05, 4.69) is 21.2 Å². The van der Waals surface area contributed by atoms with E-state index in [1.165, 1.54) is 0 Å². The molecule has 0 aliphatic carbocycles. The van der Waals surface area contributed by atoms with Gasteiger partial charge < -0.3 is 5.32 Å². The topological polar surface area (TPSA) is 12.0 Å². The molecule has 0 aliphatic rings. The highest BCUT2D eigenvalue weighted by molar-refractivity contribution is 9.10. The Labute approximate surface area is 109 Å². The van der Waals surface area contributed by atoms with Gasteiger partial charge in [-0.15, -0.1) is 0 Å². The van der Waals surface area contributed by atoms with E-state index in [0.717, 1.165) is 15.7 Å². The molecule has 0 radical (unpaired) electrons. The molecule has 0 unspecified atom stereocenters. The van der Waals surface area contributed by atoms with Crippen LogP contribution in [-0.2, 0) is 6.54 Å². The molecule has 0 saturated heterocycles. The van der Waals surface area contributed by atoms with Gasteiger partial charge >= 0.3 is 0 Å². The molecule has 0 atom stereocenters. The second-order valence-electron chi connectivity index (χ2n) is 3.95. The summed E-state index contributed by atoms with van der Waals surface area (Å²) < 4.78 is 14.4. The van der Waals surface area contributed by atoms with E-state index in [0.29, 0.717) is 12.1 Å². The average Bonchev–Trinajstić information content (AvgIpc) is 2.31. The highest BCUT2D eigenvalue weighted by Crippen LogP contribution is 2.17. The summed E-state index contributed by atoms with van der Waals surface area (Å²) in [7, 11) is 0. The van der Waals surface area contributed by atoms with Gasteiger partial charge in [-0.1, -0.05) is 34.1 Å². The fourth-order valence-corrected chi connectivity index (χ4v) is 1.95. The Balaban J connectivity index is 2.05. The largest absolute Gasteiger partial charge is 0.381 e.